The van der Waals surface area contributed by atoms with E-state index in [2.05, 4.69) is 4.72 Å². The summed E-state index contributed by atoms with van der Waals surface area (Å²) < 4.78 is 30.6. The van der Waals surface area contributed by atoms with Gasteiger partial charge in [0.1, 0.15) is 11.3 Å². The second-order valence-electron chi connectivity index (χ2n) is 4.93. The van der Waals surface area contributed by atoms with Gasteiger partial charge >= 0.3 is 0 Å². The molecule has 3 rings (SSSR count). The van der Waals surface area contributed by atoms with Gasteiger partial charge in [0.25, 0.3) is 0 Å². The number of sulfonamides is 1. The zero-order valence-corrected chi connectivity index (χ0v) is 12.6. The molecule has 0 aliphatic rings. The van der Waals surface area contributed by atoms with E-state index in [0.717, 1.165) is 11.8 Å². The molecule has 0 saturated carbocycles. The fourth-order valence-electron chi connectivity index (χ4n) is 2.18. The summed E-state index contributed by atoms with van der Waals surface area (Å²) in [5.74, 6) is 0.474. The lowest BCUT2D eigenvalue weighted by molar-refractivity contribution is 0.606. The first-order valence-corrected chi connectivity index (χ1v) is 8.43. The predicted molar refractivity (Wildman–Crippen MR) is 86.4 cm³/mol. The Kier molecular flexibility index (Phi) is 3.46. The van der Waals surface area contributed by atoms with Crippen LogP contribution in [-0.2, 0) is 10.0 Å². The van der Waals surface area contributed by atoms with Gasteiger partial charge in [-0.3, -0.25) is 9.52 Å². The van der Waals surface area contributed by atoms with Crippen LogP contribution >= 0.6 is 0 Å². The molecule has 0 amide bonds. The van der Waals surface area contributed by atoms with E-state index in [1.165, 1.54) is 12.1 Å². The van der Waals surface area contributed by atoms with Gasteiger partial charge in [0, 0.05) is 17.3 Å². The molecule has 0 spiro atoms. The van der Waals surface area contributed by atoms with Crippen molar-refractivity contribution >= 4 is 26.7 Å². The van der Waals surface area contributed by atoms with E-state index < -0.39 is 10.0 Å². The fraction of sp³-hybridized carbons (Fsp3) is 0.0625. The van der Waals surface area contributed by atoms with Gasteiger partial charge < -0.3 is 4.42 Å². The molecule has 2 aromatic carbocycles. The maximum absolute atomic E-state index is 12.3. The molecule has 1 heterocycles. The second-order valence-corrected chi connectivity index (χ2v) is 6.67. The lowest BCUT2D eigenvalue weighted by atomic mass is 10.1. The Labute approximate surface area is 127 Å². The summed E-state index contributed by atoms with van der Waals surface area (Å²) in [4.78, 5) is 12.3. The van der Waals surface area contributed by atoms with Crippen molar-refractivity contribution in [2.24, 2.45) is 0 Å². The van der Waals surface area contributed by atoms with Crippen LogP contribution in [0.1, 0.15) is 0 Å². The number of rotatable bonds is 3. The van der Waals surface area contributed by atoms with Crippen molar-refractivity contribution in [3.63, 3.8) is 0 Å². The Balaban J connectivity index is 2.13. The topological polar surface area (TPSA) is 76.4 Å². The Bertz CT molecular complexity index is 992. The number of fused-ring (bicyclic) bond motifs is 1. The number of anilines is 1. The lowest BCUT2D eigenvalue weighted by Gasteiger charge is -2.06. The molecule has 0 atom stereocenters. The van der Waals surface area contributed by atoms with Crippen molar-refractivity contribution < 1.29 is 12.8 Å². The van der Waals surface area contributed by atoms with Gasteiger partial charge in [-0.2, -0.15) is 0 Å². The highest BCUT2D eigenvalue weighted by atomic mass is 32.2. The lowest BCUT2D eigenvalue weighted by Crippen LogP contribution is -2.10. The maximum atomic E-state index is 12.3. The minimum atomic E-state index is -3.39. The minimum absolute atomic E-state index is 0.225. The third-order valence-electron chi connectivity index (χ3n) is 3.09. The van der Waals surface area contributed by atoms with E-state index in [1.54, 1.807) is 12.1 Å². The molecule has 3 aromatic rings. The second kappa shape index (κ2) is 5.31. The Hall–Kier alpha value is -2.60. The molecule has 112 valence electrons. The van der Waals surface area contributed by atoms with E-state index in [9.17, 15) is 13.2 Å². The average Bonchev–Trinajstić information content (AvgIpc) is 2.47. The molecular formula is C16H13NO4S. The zero-order valence-electron chi connectivity index (χ0n) is 11.7. The average molecular weight is 315 g/mol. The quantitative estimate of drug-likeness (QED) is 0.806. The fourth-order valence-corrected chi connectivity index (χ4v) is 2.73. The highest BCUT2D eigenvalue weighted by molar-refractivity contribution is 7.92. The van der Waals surface area contributed by atoms with Crippen molar-refractivity contribution in [2.75, 3.05) is 11.0 Å². The van der Waals surface area contributed by atoms with Gasteiger partial charge in [0.05, 0.1) is 11.6 Å². The SMILES string of the molecule is CS(=O)(=O)Nc1ccc2oc(-c3ccccc3)cc(=O)c2c1. The molecule has 0 unspecified atom stereocenters. The van der Waals surface area contributed by atoms with Crippen LogP contribution in [0, 0.1) is 0 Å². The molecule has 5 nitrogen and oxygen atoms in total. The predicted octanol–water partition coefficient (Wildman–Crippen LogP) is 2.83. The summed E-state index contributed by atoms with van der Waals surface area (Å²) in [7, 11) is -3.39. The highest BCUT2D eigenvalue weighted by Crippen LogP contribution is 2.23. The zero-order chi connectivity index (χ0) is 15.7. The van der Waals surface area contributed by atoms with Gasteiger partial charge in [0.2, 0.25) is 10.0 Å². The van der Waals surface area contributed by atoms with Gasteiger partial charge in [-0.05, 0) is 18.2 Å². The first-order chi connectivity index (χ1) is 10.4. The summed E-state index contributed by atoms with van der Waals surface area (Å²) in [6.45, 7) is 0. The van der Waals surface area contributed by atoms with Crippen LogP contribution < -0.4 is 10.2 Å². The number of benzene rings is 2. The van der Waals surface area contributed by atoms with Crippen molar-refractivity contribution in [1.29, 1.82) is 0 Å². The third kappa shape index (κ3) is 3.01. The molecule has 0 aliphatic heterocycles. The molecular weight excluding hydrogens is 302 g/mol. The maximum Gasteiger partial charge on any atom is 0.229 e. The van der Waals surface area contributed by atoms with Crippen LogP contribution in [0.5, 0.6) is 0 Å². The van der Waals surface area contributed by atoms with E-state index in [-0.39, 0.29) is 5.43 Å². The summed E-state index contributed by atoms with van der Waals surface area (Å²) in [5, 5.41) is 0.327. The normalized spacial score (nSPS) is 11.5. The van der Waals surface area contributed by atoms with Crippen LogP contribution in [0.3, 0.4) is 0 Å². The first-order valence-electron chi connectivity index (χ1n) is 6.53. The van der Waals surface area contributed by atoms with Crippen molar-refractivity contribution in [3.05, 3.63) is 64.8 Å². The number of hydrogen-bond donors (Lipinski definition) is 1. The van der Waals surface area contributed by atoms with Gasteiger partial charge in [-0.1, -0.05) is 30.3 Å². The molecule has 0 radical (unpaired) electrons. The minimum Gasteiger partial charge on any atom is -0.456 e. The van der Waals surface area contributed by atoms with Crippen molar-refractivity contribution in [3.8, 4) is 11.3 Å². The summed E-state index contributed by atoms with van der Waals surface area (Å²) in [6, 6.07) is 15.3. The smallest absolute Gasteiger partial charge is 0.229 e. The summed E-state index contributed by atoms with van der Waals surface area (Å²) in [6.07, 6.45) is 1.05. The third-order valence-corrected chi connectivity index (χ3v) is 3.70. The van der Waals surface area contributed by atoms with Crippen LogP contribution in [-0.4, -0.2) is 14.7 Å². The van der Waals surface area contributed by atoms with Crippen molar-refractivity contribution in [2.45, 2.75) is 0 Å². The van der Waals surface area contributed by atoms with E-state index >= 15 is 0 Å². The Morgan fingerprint density at radius 2 is 1.73 bits per heavy atom. The van der Waals surface area contributed by atoms with E-state index in [0.29, 0.717) is 22.4 Å². The molecule has 0 bridgehead atoms. The van der Waals surface area contributed by atoms with E-state index in [4.69, 9.17) is 4.42 Å². The molecule has 0 fully saturated rings. The van der Waals surface area contributed by atoms with Crippen LogP contribution in [0.25, 0.3) is 22.3 Å². The number of hydrogen-bond acceptors (Lipinski definition) is 4. The molecule has 22 heavy (non-hydrogen) atoms. The highest BCUT2D eigenvalue weighted by Gasteiger charge is 2.09. The molecule has 1 N–H and O–H groups in total. The Morgan fingerprint density at radius 3 is 2.41 bits per heavy atom. The molecule has 0 saturated heterocycles. The summed E-state index contributed by atoms with van der Waals surface area (Å²) in [5.41, 5.74) is 1.32. The van der Waals surface area contributed by atoms with E-state index in [1.807, 2.05) is 30.3 Å². The van der Waals surface area contributed by atoms with Crippen LogP contribution in [0.4, 0.5) is 5.69 Å². The first kappa shape index (κ1) is 14.3. The van der Waals surface area contributed by atoms with Gasteiger partial charge in [-0.25, -0.2) is 8.42 Å². The molecule has 6 heteroatoms. The van der Waals surface area contributed by atoms with Crippen molar-refractivity contribution in [1.82, 2.24) is 0 Å². The van der Waals surface area contributed by atoms with Gasteiger partial charge in [0.15, 0.2) is 5.43 Å². The molecule has 0 aliphatic carbocycles. The van der Waals surface area contributed by atoms with Gasteiger partial charge in [-0.15, -0.1) is 0 Å². The Morgan fingerprint density at radius 1 is 1.00 bits per heavy atom. The monoisotopic (exact) mass is 315 g/mol. The standard InChI is InChI=1S/C16H13NO4S/c1-22(19,20)17-12-7-8-15-13(9-12)14(18)10-16(21-15)11-5-3-2-4-6-11/h2-10,17H,1H3. The summed E-state index contributed by atoms with van der Waals surface area (Å²) >= 11 is 0. The molecule has 1 aromatic heterocycles. The number of nitrogens with one attached hydrogen (secondary N) is 1. The van der Waals surface area contributed by atoms with Crippen LogP contribution in [0.2, 0.25) is 0 Å². The largest absolute Gasteiger partial charge is 0.456 e. The van der Waals surface area contributed by atoms with Crippen LogP contribution in [0.15, 0.2) is 63.8 Å².